The Balaban J connectivity index is 3.32. The molecule has 18 heavy (non-hydrogen) atoms. The van der Waals surface area contributed by atoms with Gasteiger partial charge in [0.05, 0.1) is 4.90 Å². The molecule has 0 spiro atoms. The van der Waals surface area contributed by atoms with Crippen LogP contribution in [0.3, 0.4) is 0 Å². The molecule has 1 aromatic rings. The first kappa shape index (κ1) is 15.1. The van der Waals surface area contributed by atoms with E-state index >= 15 is 0 Å². The second-order valence-electron chi connectivity index (χ2n) is 4.25. The molecule has 0 aliphatic carbocycles. The molecule has 0 fully saturated rings. The summed E-state index contributed by atoms with van der Waals surface area (Å²) >= 11 is 0. The van der Waals surface area contributed by atoms with Crippen LogP contribution in [0, 0.1) is 0 Å². The monoisotopic (exact) mass is 270 g/mol. The van der Waals surface area contributed by atoms with Crippen LogP contribution in [0.4, 0.5) is 0 Å². The zero-order chi connectivity index (χ0) is 13.8. The van der Waals surface area contributed by atoms with Gasteiger partial charge in [-0.2, -0.15) is 0 Å². The van der Waals surface area contributed by atoms with Gasteiger partial charge in [-0.1, -0.05) is 26.0 Å². The first-order valence-electron chi connectivity index (χ1n) is 6.20. The van der Waals surface area contributed by atoms with Crippen molar-refractivity contribution in [1.29, 1.82) is 0 Å². The maximum Gasteiger partial charge on any atom is 0.243 e. The van der Waals surface area contributed by atoms with Crippen LogP contribution in [0.2, 0.25) is 0 Å². The zero-order valence-electron chi connectivity index (χ0n) is 11.5. The molecule has 0 aromatic heterocycles. The molecule has 0 aliphatic rings. The molecule has 0 bridgehead atoms. The van der Waals surface area contributed by atoms with Crippen molar-refractivity contribution in [3.8, 4) is 0 Å². The Labute approximate surface area is 110 Å². The molecule has 0 radical (unpaired) electrons. The zero-order valence-corrected chi connectivity index (χ0v) is 12.3. The van der Waals surface area contributed by atoms with E-state index in [1.54, 1.807) is 13.1 Å². The Morgan fingerprint density at radius 2 is 1.94 bits per heavy atom. The lowest BCUT2D eigenvalue weighted by Gasteiger charge is -2.18. The lowest BCUT2D eigenvalue weighted by Crippen LogP contribution is -2.27. The summed E-state index contributed by atoms with van der Waals surface area (Å²) in [5, 5.41) is 3.03. The van der Waals surface area contributed by atoms with Crippen LogP contribution in [0.25, 0.3) is 0 Å². The van der Waals surface area contributed by atoms with E-state index in [0.717, 1.165) is 11.1 Å². The van der Waals surface area contributed by atoms with Gasteiger partial charge in [-0.25, -0.2) is 12.7 Å². The van der Waals surface area contributed by atoms with Crippen molar-refractivity contribution in [2.45, 2.75) is 31.7 Å². The Morgan fingerprint density at radius 1 is 1.28 bits per heavy atom. The summed E-state index contributed by atoms with van der Waals surface area (Å²) in [6.07, 6.45) is 0.714. The largest absolute Gasteiger partial charge is 0.316 e. The fourth-order valence-corrected chi connectivity index (χ4v) is 3.30. The number of aryl methyl sites for hydroxylation is 1. The Bertz CT molecular complexity index is 498. The SMILES string of the molecule is CCc1ccc(CNC)cc1S(=O)(=O)N(C)CC. The predicted octanol–water partition coefficient (Wildman–Crippen LogP) is 1.61. The van der Waals surface area contributed by atoms with E-state index in [2.05, 4.69) is 5.32 Å². The van der Waals surface area contributed by atoms with Crippen LogP contribution >= 0.6 is 0 Å². The van der Waals surface area contributed by atoms with Gasteiger partial charge in [-0.05, 0) is 30.7 Å². The number of hydrogen-bond donors (Lipinski definition) is 1. The van der Waals surface area contributed by atoms with Crippen molar-refractivity contribution in [2.75, 3.05) is 20.6 Å². The van der Waals surface area contributed by atoms with Crippen LogP contribution in [0.1, 0.15) is 25.0 Å². The summed E-state index contributed by atoms with van der Waals surface area (Å²) < 4.78 is 26.2. The molecule has 4 nitrogen and oxygen atoms in total. The highest BCUT2D eigenvalue weighted by molar-refractivity contribution is 7.89. The predicted molar refractivity (Wildman–Crippen MR) is 74.1 cm³/mol. The summed E-state index contributed by atoms with van der Waals surface area (Å²) in [5.74, 6) is 0. The van der Waals surface area contributed by atoms with Gasteiger partial charge in [-0.3, -0.25) is 0 Å². The van der Waals surface area contributed by atoms with E-state index < -0.39 is 10.0 Å². The fourth-order valence-electron chi connectivity index (χ4n) is 1.78. The third-order valence-corrected chi connectivity index (χ3v) is 5.04. The molecular weight excluding hydrogens is 248 g/mol. The maximum absolute atomic E-state index is 12.4. The van der Waals surface area contributed by atoms with E-state index in [9.17, 15) is 8.42 Å². The number of nitrogens with one attached hydrogen (secondary N) is 1. The number of benzene rings is 1. The normalized spacial score (nSPS) is 12.1. The molecule has 1 rings (SSSR count). The van der Waals surface area contributed by atoms with Crippen molar-refractivity contribution in [1.82, 2.24) is 9.62 Å². The van der Waals surface area contributed by atoms with Crippen molar-refractivity contribution in [3.63, 3.8) is 0 Å². The van der Waals surface area contributed by atoms with Gasteiger partial charge < -0.3 is 5.32 Å². The van der Waals surface area contributed by atoms with Gasteiger partial charge in [0.1, 0.15) is 0 Å². The van der Waals surface area contributed by atoms with Crippen molar-refractivity contribution >= 4 is 10.0 Å². The molecule has 0 heterocycles. The smallest absolute Gasteiger partial charge is 0.243 e. The van der Waals surface area contributed by atoms with Gasteiger partial charge in [0.2, 0.25) is 10.0 Å². The summed E-state index contributed by atoms with van der Waals surface area (Å²) in [5.41, 5.74) is 1.85. The topological polar surface area (TPSA) is 49.4 Å². The van der Waals surface area contributed by atoms with Gasteiger partial charge >= 0.3 is 0 Å². The maximum atomic E-state index is 12.4. The Morgan fingerprint density at radius 3 is 2.44 bits per heavy atom. The van der Waals surface area contributed by atoms with Crippen LogP contribution < -0.4 is 5.32 Å². The fraction of sp³-hybridized carbons (Fsp3) is 0.538. The number of rotatable bonds is 6. The molecule has 0 aliphatic heterocycles. The lowest BCUT2D eigenvalue weighted by molar-refractivity contribution is 0.485. The van der Waals surface area contributed by atoms with Crippen LogP contribution in [0.15, 0.2) is 23.1 Å². The van der Waals surface area contributed by atoms with Crippen LogP contribution in [-0.2, 0) is 23.0 Å². The first-order valence-corrected chi connectivity index (χ1v) is 7.64. The minimum atomic E-state index is -3.37. The highest BCUT2D eigenvalue weighted by Gasteiger charge is 2.22. The molecular formula is C13H22N2O2S. The van der Waals surface area contributed by atoms with E-state index in [-0.39, 0.29) is 0 Å². The molecule has 0 atom stereocenters. The minimum absolute atomic E-state index is 0.433. The highest BCUT2D eigenvalue weighted by atomic mass is 32.2. The van der Waals surface area contributed by atoms with Crippen LogP contribution in [-0.4, -0.2) is 33.4 Å². The molecule has 102 valence electrons. The van der Waals surface area contributed by atoms with E-state index in [0.29, 0.717) is 24.4 Å². The Kier molecular flexibility index (Phi) is 5.31. The standard InChI is InChI=1S/C13H22N2O2S/c1-5-12-8-7-11(10-14-3)9-13(12)18(16,17)15(4)6-2/h7-9,14H,5-6,10H2,1-4H3. The molecule has 0 saturated heterocycles. The number of nitrogens with zero attached hydrogens (tertiary/aromatic N) is 1. The van der Waals surface area contributed by atoms with Gasteiger partial charge in [0, 0.05) is 20.1 Å². The molecule has 1 aromatic carbocycles. The average Bonchev–Trinajstić information content (AvgIpc) is 2.38. The minimum Gasteiger partial charge on any atom is -0.316 e. The third kappa shape index (κ3) is 3.10. The molecule has 5 heteroatoms. The third-order valence-electron chi connectivity index (χ3n) is 3.03. The molecule has 1 N–H and O–H groups in total. The number of sulfonamides is 1. The van der Waals surface area contributed by atoms with Crippen molar-refractivity contribution < 1.29 is 8.42 Å². The van der Waals surface area contributed by atoms with Crippen molar-refractivity contribution in [3.05, 3.63) is 29.3 Å². The summed E-state index contributed by atoms with van der Waals surface area (Å²) in [4.78, 5) is 0.433. The van der Waals surface area contributed by atoms with E-state index in [1.807, 2.05) is 33.0 Å². The molecule has 0 amide bonds. The summed E-state index contributed by atoms with van der Waals surface area (Å²) in [6.45, 7) is 4.95. The lowest BCUT2D eigenvalue weighted by atomic mass is 10.1. The van der Waals surface area contributed by atoms with E-state index in [4.69, 9.17) is 0 Å². The summed E-state index contributed by atoms with van der Waals surface area (Å²) in [6, 6.07) is 5.65. The van der Waals surface area contributed by atoms with Gasteiger partial charge in [0.25, 0.3) is 0 Å². The Hall–Kier alpha value is -0.910. The van der Waals surface area contributed by atoms with Gasteiger partial charge in [0.15, 0.2) is 0 Å². The molecule has 0 unspecified atom stereocenters. The van der Waals surface area contributed by atoms with Crippen molar-refractivity contribution in [2.24, 2.45) is 0 Å². The second kappa shape index (κ2) is 6.31. The van der Waals surface area contributed by atoms with E-state index in [1.165, 1.54) is 4.31 Å². The quantitative estimate of drug-likeness (QED) is 0.854. The molecule has 0 saturated carbocycles. The van der Waals surface area contributed by atoms with Crippen LogP contribution in [0.5, 0.6) is 0 Å². The second-order valence-corrected chi connectivity index (χ2v) is 6.26. The summed E-state index contributed by atoms with van der Waals surface area (Å²) in [7, 11) is 0.0909. The first-order chi connectivity index (χ1) is 8.47. The number of hydrogen-bond acceptors (Lipinski definition) is 3. The van der Waals surface area contributed by atoms with Gasteiger partial charge in [-0.15, -0.1) is 0 Å². The average molecular weight is 270 g/mol. The highest BCUT2D eigenvalue weighted by Crippen LogP contribution is 2.21.